The van der Waals surface area contributed by atoms with Crippen molar-refractivity contribution in [2.24, 2.45) is 5.92 Å². The highest BCUT2D eigenvalue weighted by Crippen LogP contribution is 2.52. The van der Waals surface area contributed by atoms with Crippen LogP contribution in [0, 0.1) is 5.92 Å². The quantitative estimate of drug-likeness (QED) is 0.688. The fourth-order valence-electron chi connectivity index (χ4n) is 3.60. The number of benzene rings is 1. The molecule has 0 bridgehead atoms. The molecule has 0 radical (unpaired) electrons. The minimum Gasteiger partial charge on any atom is -0.0839 e. The van der Waals surface area contributed by atoms with Crippen LogP contribution in [0.15, 0.2) is 36.4 Å². The van der Waals surface area contributed by atoms with Gasteiger partial charge in [0.05, 0.1) is 0 Å². The Bertz CT molecular complexity index is 529. The summed E-state index contributed by atoms with van der Waals surface area (Å²) in [6, 6.07) is 7.13. The maximum Gasteiger partial charge on any atom is -0.00256 e. The first kappa shape index (κ1) is 11.8. The van der Waals surface area contributed by atoms with Gasteiger partial charge in [-0.1, -0.05) is 63.6 Å². The second kappa shape index (κ2) is 4.12. The van der Waals surface area contributed by atoms with Crippen LogP contribution in [0.25, 0.3) is 5.57 Å². The van der Waals surface area contributed by atoms with E-state index in [1.807, 2.05) is 0 Å². The molecule has 1 unspecified atom stereocenters. The maximum absolute atomic E-state index is 2.46. The molecular formula is C18H22. The average Bonchev–Trinajstić information content (AvgIpc) is 2.60. The molecule has 0 saturated carbocycles. The van der Waals surface area contributed by atoms with Gasteiger partial charge in [-0.3, -0.25) is 0 Å². The molecule has 1 aromatic carbocycles. The molecule has 1 atom stereocenters. The van der Waals surface area contributed by atoms with Crippen molar-refractivity contribution in [3.05, 3.63) is 53.1 Å². The van der Waals surface area contributed by atoms with Gasteiger partial charge in [0.15, 0.2) is 0 Å². The number of rotatable bonds is 2. The molecule has 18 heavy (non-hydrogen) atoms. The Morgan fingerprint density at radius 1 is 1.28 bits per heavy atom. The lowest BCUT2D eigenvalue weighted by molar-refractivity contribution is 0.414. The zero-order chi connectivity index (χ0) is 12.8. The molecule has 0 spiro atoms. The Labute approximate surface area is 110 Å². The molecule has 1 aromatic rings. The predicted octanol–water partition coefficient (Wildman–Crippen LogP) is 4.89. The zero-order valence-electron chi connectivity index (χ0n) is 11.7. The molecule has 0 fully saturated rings. The van der Waals surface area contributed by atoms with Crippen LogP contribution in [0.4, 0.5) is 0 Å². The van der Waals surface area contributed by atoms with Gasteiger partial charge in [0.2, 0.25) is 0 Å². The van der Waals surface area contributed by atoms with Crippen molar-refractivity contribution in [1.29, 1.82) is 0 Å². The number of hydrogen-bond donors (Lipinski definition) is 0. The van der Waals surface area contributed by atoms with E-state index in [0.717, 1.165) is 0 Å². The summed E-state index contributed by atoms with van der Waals surface area (Å²) in [5.41, 5.74) is 6.40. The number of hydrogen-bond acceptors (Lipinski definition) is 0. The SMILES string of the molecule is CCCc1ccc2c(c1)C(C)(C)C1CC=CC=C21. The van der Waals surface area contributed by atoms with Crippen molar-refractivity contribution in [3.63, 3.8) is 0 Å². The van der Waals surface area contributed by atoms with Gasteiger partial charge in [-0.15, -0.1) is 0 Å². The third-order valence-corrected chi connectivity index (χ3v) is 4.66. The third-order valence-electron chi connectivity index (χ3n) is 4.66. The van der Waals surface area contributed by atoms with E-state index in [1.54, 1.807) is 11.1 Å². The molecule has 2 aliphatic rings. The Morgan fingerprint density at radius 2 is 2.11 bits per heavy atom. The minimum absolute atomic E-state index is 0.287. The first-order valence-electron chi connectivity index (χ1n) is 7.15. The van der Waals surface area contributed by atoms with Crippen molar-refractivity contribution in [1.82, 2.24) is 0 Å². The molecular weight excluding hydrogens is 216 g/mol. The first-order valence-corrected chi connectivity index (χ1v) is 7.15. The first-order chi connectivity index (χ1) is 8.64. The Balaban J connectivity index is 2.13. The van der Waals surface area contributed by atoms with Gasteiger partial charge in [-0.25, -0.2) is 0 Å². The average molecular weight is 238 g/mol. The normalized spacial score (nSPS) is 23.5. The monoisotopic (exact) mass is 238 g/mol. The van der Waals surface area contributed by atoms with E-state index in [9.17, 15) is 0 Å². The molecule has 0 nitrogen and oxygen atoms in total. The number of fused-ring (bicyclic) bond motifs is 3. The predicted molar refractivity (Wildman–Crippen MR) is 78.7 cm³/mol. The lowest BCUT2D eigenvalue weighted by atomic mass is 9.74. The van der Waals surface area contributed by atoms with E-state index in [-0.39, 0.29) is 5.41 Å². The van der Waals surface area contributed by atoms with E-state index in [4.69, 9.17) is 0 Å². The summed E-state index contributed by atoms with van der Waals surface area (Å²) in [5, 5.41) is 0. The Morgan fingerprint density at radius 3 is 2.89 bits per heavy atom. The van der Waals surface area contributed by atoms with Crippen molar-refractivity contribution in [2.75, 3.05) is 0 Å². The van der Waals surface area contributed by atoms with Gasteiger partial charge in [0, 0.05) is 0 Å². The van der Waals surface area contributed by atoms with E-state index in [1.165, 1.54) is 30.4 Å². The molecule has 0 heteroatoms. The van der Waals surface area contributed by atoms with Crippen LogP contribution in [0.1, 0.15) is 50.3 Å². The maximum atomic E-state index is 2.46. The highest BCUT2D eigenvalue weighted by atomic mass is 14.5. The molecule has 0 saturated heterocycles. The molecule has 0 N–H and O–H groups in total. The lowest BCUT2D eigenvalue weighted by Gasteiger charge is -2.29. The highest BCUT2D eigenvalue weighted by molar-refractivity contribution is 5.79. The van der Waals surface area contributed by atoms with Crippen LogP contribution in [0.2, 0.25) is 0 Å². The van der Waals surface area contributed by atoms with Crippen LogP contribution in [-0.4, -0.2) is 0 Å². The van der Waals surface area contributed by atoms with Gasteiger partial charge < -0.3 is 0 Å². The summed E-state index contributed by atoms with van der Waals surface area (Å²) >= 11 is 0. The smallest absolute Gasteiger partial charge is 0.00256 e. The minimum atomic E-state index is 0.287. The van der Waals surface area contributed by atoms with Crippen molar-refractivity contribution >= 4 is 5.57 Å². The molecule has 94 valence electrons. The topological polar surface area (TPSA) is 0 Å². The summed E-state index contributed by atoms with van der Waals surface area (Å²) in [4.78, 5) is 0. The second-order valence-corrected chi connectivity index (χ2v) is 6.19. The standard InChI is InChI=1S/C18H22/c1-4-7-13-10-11-15-14-8-5-6-9-16(14)18(2,3)17(15)12-13/h5-6,8,10-12,16H,4,7,9H2,1-3H3. The molecule has 2 aliphatic carbocycles. The van der Waals surface area contributed by atoms with Gasteiger partial charge in [-0.05, 0) is 46.4 Å². The van der Waals surface area contributed by atoms with E-state index >= 15 is 0 Å². The van der Waals surface area contributed by atoms with Crippen LogP contribution >= 0.6 is 0 Å². The van der Waals surface area contributed by atoms with Crippen LogP contribution in [-0.2, 0) is 11.8 Å². The van der Waals surface area contributed by atoms with Crippen molar-refractivity contribution in [2.45, 2.75) is 45.4 Å². The highest BCUT2D eigenvalue weighted by Gasteiger charge is 2.42. The molecule has 3 rings (SSSR count). The zero-order valence-corrected chi connectivity index (χ0v) is 11.7. The van der Waals surface area contributed by atoms with Gasteiger partial charge in [-0.2, -0.15) is 0 Å². The lowest BCUT2D eigenvalue weighted by Crippen LogP contribution is -2.23. The number of allylic oxidation sites excluding steroid dienone is 4. The number of aryl methyl sites for hydroxylation is 1. The van der Waals surface area contributed by atoms with Crippen molar-refractivity contribution < 1.29 is 0 Å². The Kier molecular flexibility index (Phi) is 2.69. The third kappa shape index (κ3) is 1.59. The summed E-state index contributed by atoms with van der Waals surface area (Å²) in [5.74, 6) is 0.675. The molecule has 0 amide bonds. The second-order valence-electron chi connectivity index (χ2n) is 6.19. The summed E-state index contributed by atoms with van der Waals surface area (Å²) in [6.07, 6.45) is 10.5. The van der Waals surface area contributed by atoms with Gasteiger partial charge in [0.25, 0.3) is 0 Å². The van der Waals surface area contributed by atoms with Crippen LogP contribution < -0.4 is 0 Å². The van der Waals surface area contributed by atoms with Crippen LogP contribution in [0.5, 0.6) is 0 Å². The summed E-state index contributed by atoms with van der Waals surface area (Å²) in [7, 11) is 0. The fraction of sp³-hybridized carbons (Fsp3) is 0.444. The van der Waals surface area contributed by atoms with Crippen LogP contribution in [0.3, 0.4) is 0 Å². The molecule has 0 heterocycles. The van der Waals surface area contributed by atoms with Gasteiger partial charge in [0.1, 0.15) is 0 Å². The van der Waals surface area contributed by atoms with E-state index < -0.39 is 0 Å². The van der Waals surface area contributed by atoms with E-state index in [2.05, 4.69) is 57.2 Å². The largest absolute Gasteiger partial charge is 0.0839 e. The summed E-state index contributed by atoms with van der Waals surface area (Å²) in [6.45, 7) is 7.07. The molecule has 0 aromatic heterocycles. The summed E-state index contributed by atoms with van der Waals surface area (Å²) < 4.78 is 0. The van der Waals surface area contributed by atoms with Gasteiger partial charge >= 0.3 is 0 Å². The Hall–Kier alpha value is -1.30. The fourth-order valence-corrected chi connectivity index (χ4v) is 3.60. The van der Waals surface area contributed by atoms with Crippen molar-refractivity contribution in [3.8, 4) is 0 Å². The molecule has 0 aliphatic heterocycles. The van der Waals surface area contributed by atoms with E-state index in [0.29, 0.717) is 5.92 Å².